The highest BCUT2D eigenvalue weighted by atomic mass is 16.3. The number of aromatic hydroxyl groups is 1. The molecule has 1 aliphatic rings. The smallest absolute Gasteiger partial charge is 0.245 e. The number of hydrogen-bond acceptors (Lipinski definition) is 3. The van der Waals surface area contributed by atoms with E-state index >= 15 is 0 Å². The van der Waals surface area contributed by atoms with Crippen molar-refractivity contribution in [2.24, 2.45) is 0 Å². The Morgan fingerprint density at radius 1 is 1.42 bits per heavy atom. The molecule has 5 heteroatoms. The third kappa shape index (κ3) is 2.86. The molecular weight excluding hydrogens is 244 g/mol. The van der Waals surface area contributed by atoms with Crippen molar-refractivity contribution in [1.82, 2.24) is 10.2 Å². The predicted molar refractivity (Wildman–Crippen MR) is 70.5 cm³/mol. The van der Waals surface area contributed by atoms with Gasteiger partial charge in [-0.05, 0) is 31.0 Å². The van der Waals surface area contributed by atoms with Gasteiger partial charge in [0.1, 0.15) is 11.8 Å². The van der Waals surface area contributed by atoms with E-state index in [-0.39, 0.29) is 23.6 Å². The Kier molecular flexibility index (Phi) is 3.74. The molecule has 102 valence electrons. The lowest BCUT2D eigenvalue weighted by Crippen LogP contribution is -2.43. The molecule has 19 heavy (non-hydrogen) atoms. The maximum Gasteiger partial charge on any atom is 0.245 e. The van der Waals surface area contributed by atoms with E-state index in [1.54, 1.807) is 36.2 Å². The van der Waals surface area contributed by atoms with Crippen LogP contribution in [-0.4, -0.2) is 34.9 Å². The van der Waals surface area contributed by atoms with Crippen molar-refractivity contribution in [2.75, 3.05) is 7.05 Å². The second kappa shape index (κ2) is 5.30. The molecule has 0 radical (unpaired) electrons. The zero-order valence-corrected chi connectivity index (χ0v) is 11.1. The van der Waals surface area contributed by atoms with Gasteiger partial charge >= 0.3 is 0 Å². The van der Waals surface area contributed by atoms with Crippen molar-refractivity contribution in [3.63, 3.8) is 0 Å². The zero-order chi connectivity index (χ0) is 14.0. The highest BCUT2D eigenvalue weighted by Crippen LogP contribution is 2.22. The van der Waals surface area contributed by atoms with Crippen LogP contribution in [0.25, 0.3) is 0 Å². The number of rotatable bonds is 3. The third-order valence-corrected chi connectivity index (χ3v) is 3.60. The lowest BCUT2D eigenvalue weighted by molar-refractivity contribution is -0.134. The normalized spacial score (nSPS) is 19.9. The Hall–Kier alpha value is -2.04. The average Bonchev–Trinajstić information content (AvgIpc) is 2.84. The van der Waals surface area contributed by atoms with Gasteiger partial charge in [-0.25, -0.2) is 0 Å². The van der Waals surface area contributed by atoms with Crippen LogP contribution in [0, 0.1) is 0 Å². The number of phenolic OH excluding ortho intramolecular Hbond substituents is 1. The number of hydrogen-bond donors (Lipinski definition) is 2. The highest BCUT2D eigenvalue weighted by molar-refractivity contribution is 5.90. The van der Waals surface area contributed by atoms with Crippen molar-refractivity contribution in [2.45, 2.75) is 31.8 Å². The number of nitrogens with zero attached hydrogens (tertiary/aromatic N) is 1. The third-order valence-electron chi connectivity index (χ3n) is 3.60. The maximum absolute atomic E-state index is 12.2. The van der Waals surface area contributed by atoms with Crippen LogP contribution in [0.4, 0.5) is 0 Å². The van der Waals surface area contributed by atoms with Gasteiger partial charge in [0.15, 0.2) is 0 Å². The number of benzene rings is 1. The lowest BCUT2D eigenvalue weighted by atomic mass is 10.1. The quantitative estimate of drug-likeness (QED) is 0.859. The van der Waals surface area contributed by atoms with Gasteiger partial charge < -0.3 is 15.3 Å². The fourth-order valence-electron chi connectivity index (χ4n) is 2.21. The first kappa shape index (κ1) is 13.4. The number of likely N-dealkylation sites (N-methyl/N-ethyl adjacent to an activating group) is 1. The largest absolute Gasteiger partial charge is 0.508 e. The molecule has 1 fully saturated rings. The van der Waals surface area contributed by atoms with Crippen LogP contribution in [-0.2, 0) is 9.59 Å². The second-order valence-corrected chi connectivity index (χ2v) is 4.88. The van der Waals surface area contributed by atoms with Crippen molar-refractivity contribution in [3.8, 4) is 5.75 Å². The van der Waals surface area contributed by atoms with Crippen LogP contribution in [0.3, 0.4) is 0 Å². The molecule has 2 unspecified atom stereocenters. The summed E-state index contributed by atoms with van der Waals surface area (Å²) < 4.78 is 0. The van der Waals surface area contributed by atoms with Gasteiger partial charge in [-0.1, -0.05) is 12.1 Å². The molecule has 2 atom stereocenters. The first-order chi connectivity index (χ1) is 8.99. The van der Waals surface area contributed by atoms with Crippen molar-refractivity contribution in [1.29, 1.82) is 0 Å². The number of phenols is 1. The van der Waals surface area contributed by atoms with Gasteiger partial charge in [0.25, 0.3) is 0 Å². The molecule has 2 amide bonds. The molecule has 2 rings (SSSR count). The minimum Gasteiger partial charge on any atom is -0.508 e. The van der Waals surface area contributed by atoms with Gasteiger partial charge in [0.2, 0.25) is 11.8 Å². The van der Waals surface area contributed by atoms with E-state index in [0.29, 0.717) is 12.8 Å². The van der Waals surface area contributed by atoms with Gasteiger partial charge in [-0.15, -0.1) is 0 Å². The first-order valence-electron chi connectivity index (χ1n) is 6.34. The van der Waals surface area contributed by atoms with E-state index < -0.39 is 6.04 Å². The second-order valence-electron chi connectivity index (χ2n) is 4.88. The molecule has 1 aromatic rings. The van der Waals surface area contributed by atoms with E-state index in [1.807, 2.05) is 6.92 Å². The summed E-state index contributed by atoms with van der Waals surface area (Å²) in [5.41, 5.74) is 0.943. The van der Waals surface area contributed by atoms with Crippen LogP contribution in [0.1, 0.15) is 31.4 Å². The number of carbonyl (C=O) groups is 2. The van der Waals surface area contributed by atoms with Gasteiger partial charge in [0.05, 0.1) is 6.04 Å². The number of nitrogens with one attached hydrogen (secondary N) is 1. The fourth-order valence-corrected chi connectivity index (χ4v) is 2.21. The van der Waals surface area contributed by atoms with Crippen LogP contribution in [0.2, 0.25) is 0 Å². The summed E-state index contributed by atoms with van der Waals surface area (Å²) >= 11 is 0. The van der Waals surface area contributed by atoms with E-state index in [1.165, 1.54) is 0 Å². The maximum atomic E-state index is 12.2. The number of carbonyl (C=O) groups excluding carboxylic acids is 2. The van der Waals surface area contributed by atoms with E-state index in [4.69, 9.17) is 0 Å². The first-order valence-corrected chi connectivity index (χ1v) is 6.34. The van der Waals surface area contributed by atoms with E-state index in [9.17, 15) is 14.7 Å². The predicted octanol–water partition coefficient (Wildman–Crippen LogP) is 1.19. The summed E-state index contributed by atoms with van der Waals surface area (Å²) in [6.07, 6.45) is 0.974. The summed E-state index contributed by atoms with van der Waals surface area (Å²) in [6.45, 7) is 1.92. The van der Waals surface area contributed by atoms with Gasteiger partial charge in [0, 0.05) is 13.5 Å². The standard InChI is InChI=1S/C14H18N2O3/c1-9(10-3-5-11(17)6-4-10)16(2)14(19)12-7-8-13(18)15-12/h3-6,9,12,17H,7-8H2,1-2H3,(H,15,18). The Morgan fingerprint density at radius 3 is 2.58 bits per heavy atom. The Labute approximate surface area is 112 Å². The monoisotopic (exact) mass is 262 g/mol. The van der Waals surface area contributed by atoms with Gasteiger partial charge in [-0.2, -0.15) is 0 Å². The fraction of sp³-hybridized carbons (Fsp3) is 0.429. The molecule has 0 aromatic heterocycles. The van der Waals surface area contributed by atoms with E-state index in [2.05, 4.69) is 5.32 Å². The molecule has 1 aliphatic heterocycles. The zero-order valence-electron chi connectivity index (χ0n) is 11.1. The molecule has 0 saturated carbocycles. The summed E-state index contributed by atoms with van der Waals surface area (Å²) in [6, 6.07) is 6.26. The molecule has 2 N–H and O–H groups in total. The summed E-state index contributed by atoms with van der Waals surface area (Å²) in [5.74, 6) is 0.0587. The minimum absolute atomic E-state index is 0.0657. The van der Waals surface area contributed by atoms with E-state index in [0.717, 1.165) is 5.56 Å². The summed E-state index contributed by atoms with van der Waals surface area (Å²) in [5, 5.41) is 11.9. The van der Waals surface area contributed by atoms with Crippen LogP contribution >= 0.6 is 0 Å². The van der Waals surface area contributed by atoms with Crippen LogP contribution in [0.15, 0.2) is 24.3 Å². The highest BCUT2D eigenvalue weighted by Gasteiger charge is 2.31. The Morgan fingerprint density at radius 2 is 2.05 bits per heavy atom. The molecule has 1 saturated heterocycles. The molecule has 1 aromatic carbocycles. The van der Waals surface area contributed by atoms with Crippen molar-refractivity contribution >= 4 is 11.8 Å². The Bertz CT molecular complexity index is 484. The summed E-state index contributed by atoms with van der Waals surface area (Å²) in [7, 11) is 1.73. The average molecular weight is 262 g/mol. The molecular formula is C14H18N2O3. The summed E-state index contributed by atoms with van der Waals surface area (Å²) in [4.78, 5) is 25.0. The number of amides is 2. The SMILES string of the molecule is CC(c1ccc(O)cc1)N(C)C(=O)C1CCC(=O)N1. The molecule has 1 heterocycles. The lowest BCUT2D eigenvalue weighted by Gasteiger charge is -2.27. The van der Waals surface area contributed by atoms with Crippen molar-refractivity contribution < 1.29 is 14.7 Å². The van der Waals surface area contributed by atoms with Crippen LogP contribution < -0.4 is 5.32 Å². The molecule has 0 aliphatic carbocycles. The minimum atomic E-state index is -0.405. The Balaban J connectivity index is 2.06. The van der Waals surface area contributed by atoms with Gasteiger partial charge in [-0.3, -0.25) is 9.59 Å². The van der Waals surface area contributed by atoms with Crippen LogP contribution in [0.5, 0.6) is 5.75 Å². The molecule has 0 spiro atoms. The molecule has 0 bridgehead atoms. The van der Waals surface area contributed by atoms with Crippen molar-refractivity contribution in [3.05, 3.63) is 29.8 Å². The topological polar surface area (TPSA) is 69.6 Å². The molecule has 5 nitrogen and oxygen atoms in total.